The summed E-state index contributed by atoms with van der Waals surface area (Å²) < 4.78 is 58.4. The van der Waals surface area contributed by atoms with Crippen LogP contribution < -0.4 is 0 Å². The van der Waals surface area contributed by atoms with Gasteiger partial charge in [-0.2, -0.15) is 8.42 Å². The van der Waals surface area contributed by atoms with Crippen LogP contribution in [0.3, 0.4) is 0 Å². The van der Waals surface area contributed by atoms with Crippen molar-refractivity contribution < 1.29 is 17.0 Å². The van der Waals surface area contributed by atoms with Crippen LogP contribution in [0.1, 0.15) is 22.2 Å². The van der Waals surface area contributed by atoms with Gasteiger partial charge in [0.2, 0.25) is 5.50 Å². The smallest absolute Gasteiger partial charge is 0.240 e. The summed E-state index contributed by atoms with van der Waals surface area (Å²) in [7, 11) is -8.29. The van der Waals surface area contributed by atoms with Gasteiger partial charge in [-0.15, -0.1) is 0 Å². The zero-order valence-electron chi connectivity index (χ0n) is 15.4. The topological polar surface area (TPSA) is 63.6 Å². The number of sulfonamides is 1. The van der Waals surface area contributed by atoms with Gasteiger partial charge in [-0.3, -0.25) is 0 Å². The van der Waals surface area contributed by atoms with Gasteiger partial charge in [-0.25, -0.2) is 8.60 Å². The van der Waals surface area contributed by atoms with Crippen molar-refractivity contribution in [1.82, 2.24) is 0 Å². The van der Waals surface area contributed by atoms with E-state index in [9.17, 15) is 12.6 Å². The molecule has 0 amide bonds. The molecule has 7 heteroatoms. The summed E-state index contributed by atoms with van der Waals surface area (Å²) in [6.07, 6.45) is 0. The third-order valence-corrected chi connectivity index (χ3v) is 8.55. The van der Waals surface area contributed by atoms with Crippen LogP contribution in [0.5, 0.6) is 0 Å². The van der Waals surface area contributed by atoms with Crippen LogP contribution in [0.2, 0.25) is 0 Å². The lowest BCUT2D eigenvalue weighted by Gasteiger charge is -2.16. The van der Waals surface area contributed by atoms with Gasteiger partial charge in [0.25, 0.3) is 10.0 Å². The molecule has 0 aliphatic carbocycles. The van der Waals surface area contributed by atoms with Crippen LogP contribution >= 0.6 is 0 Å². The molecule has 3 aromatic rings. The van der Waals surface area contributed by atoms with Gasteiger partial charge < -0.3 is 0 Å². The predicted octanol–water partition coefficient (Wildman–Crippen LogP) is 5.19. The summed E-state index contributed by atoms with van der Waals surface area (Å²) in [5.74, 6) is 0. The maximum absolute atomic E-state index is 15.5. The summed E-state index contributed by atoms with van der Waals surface area (Å²) in [6, 6.07) is 20.0. The molecular formula is C21H20FNO3S2. The van der Waals surface area contributed by atoms with Crippen molar-refractivity contribution in [1.29, 1.82) is 0 Å². The molecule has 0 spiro atoms. The summed E-state index contributed by atoms with van der Waals surface area (Å²) in [5.41, 5.74) is -0.213. The number of hydrogen-bond acceptors (Lipinski definition) is 3. The number of hydrogen-bond donors (Lipinski definition) is 0. The van der Waals surface area contributed by atoms with Gasteiger partial charge >= 0.3 is 0 Å². The zero-order chi connectivity index (χ0) is 20.4. The molecule has 3 aromatic carbocycles. The standard InChI is InChI=1S/C21H20FNO3S2/c1-16-8-12-18(13-9-16)21(22)27(24,19-6-4-3-5-7-19)23-28(25,26)20-14-10-17(2)11-15-20/h3-15,21H,1-2H3/t21-,27-/m0/s1. The first kappa shape index (κ1) is 20.2. The summed E-state index contributed by atoms with van der Waals surface area (Å²) in [5, 5.41) is 0. The highest BCUT2D eigenvalue weighted by atomic mass is 32.3. The number of halogens is 1. The molecule has 4 nitrogen and oxygen atoms in total. The molecule has 0 unspecified atom stereocenters. The Morgan fingerprint density at radius 2 is 1.21 bits per heavy atom. The Morgan fingerprint density at radius 1 is 0.714 bits per heavy atom. The van der Waals surface area contributed by atoms with Gasteiger partial charge in [0.05, 0.1) is 9.79 Å². The van der Waals surface area contributed by atoms with E-state index in [1.165, 1.54) is 36.4 Å². The van der Waals surface area contributed by atoms with Crippen LogP contribution in [0.25, 0.3) is 0 Å². The van der Waals surface area contributed by atoms with Crippen LogP contribution in [0.4, 0.5) is 4.39 Å². The van der Waals surface area contributed by atoms with Gasteiger partial charge in [0.1, 0.15) is 9.73 Å². The van der Waals surface area contributed by atoms with Crippen LogP contribution in [0, 0.1) is 13.8 Å². The largest absolute Gasteiger partial charge is 0.290 e. The lowest BCUT2D eigenvalue weighted by molar-refractivity contribution is 0.450. The fraction of sp³-hybridized carbons (Fsp3) is 0.143. The number of aryl methyl sites for hydroxylation is 2. The second kappa shape index (κ2) is 7.85. The molecule has 0 fully saturated rings. The van der Waals surface area contributed by atoms with Crippen LogP contribution in [-0.2, 0) is 19.8 Å². The summed E-state index contributed by atoms with van der Waals surface area (Å²) in [6.45, 7) is 3.66. The molecule has 3 rings (SSSR count). The number of nitrogens with zero attached hydrogens (tertiary/aromatic N) is 1. The van der Waals surface area contributed by atoms with Gasteiger partial charge in [-0.05, 0) is 38.1 Å². The molecule has 28 heavy (non-hydrogen) atoms. The second-order valence-electron chi connectivity index (χ2n) is 6.47. The van der Waals surface area contributed by atoms with Crippen molar-refractivity contribution in [3.05, 3.63) is 95.6 Å². The summed E-state index contributed by atoms with van der Waals surface area (Å²) >= 11 is 0. The SMILES string of the molecule is Cc1ccc([C@@H](F)[S@](=O)(=NS(=O)(=O)c2ccc(C)cc2)c2ccccc2)cc1. The molecular weight excluding hydrogens is 397 g/mol. The molecule has 0 saturated carbocycles. The van der Waals surface area contributed by atoms with Gasteiger partial charge in [0.15, 0.2) is 0 Å². The van der Waals surface area contributed by atoms with Crippen molar-refractivity contribution >= 4 is 19.8 Å². The van der Waals surface area contributed by atoms with E-state index < -0.39 is 25.3 Å². The molecule has 0 aromatic heterocycles. The average Bonchev–Trinajstić information content (AvgIpc) is 2.68. The minimum atomic E-state index is -4.33. The lowest BCUT2D eigenvalue weighted by Crippen LogP contribution is -2.13. The van der Waals surface area contributed by atoms with Gasteiger partial charge in [-0.1, -0.05) is 69.5 Å². The van der Waals surface area contributed by atoms with E-state index in [0.29, 0.717) is 0 Å². The van der Waals surface area contributed by atoms with E-state index >= 15 is 4.39 Å². The third-order valence-electron chi connectivity index (χ3n) is 4.23. The Labute approximate surface area is 165 Å². The highest BCUT2D eigenvalue weighted by Crippen LogP contribution is 2.34. The van der Waals surface area contributed by atoms with Crippen molar-refractivity contribution in [2.75, 3.05) is 0 Å². The maximum atomic E-state index is 15.5. The number of benzene rings is 3. The van der Waals surface area contributed by atoms with E-state index in [2.05, 4.69) is 3.77 Å². The Balaban J connectivity index is 2.22. The van der Waals surface area contributed by atoms with E-state index in [1.807, 2.05) is 13.8 Å². The third kappa shape index (κ3) is 4.15. The molecule has 0 radical (unpaired) electrons. The first-order valence-corrected chi connectivity index (χ1v) is 11.6. The van der Waals surface area contributed by atoms with E-state index in [1.54, 1.807) is 42.5 Å². The molecule has 0 aliphatic rings. The average molecular weight is 418 g/mol. The molecule has 0 saturated heterocycles. The van der Waals surface area contributed by atoms with E-state index in [4.69, 9.17) is 0 Å². The van der Waals surface area contributed by atoms with Crippen molar-refractivity contribution in [3.63, 3.8) is 0 Å². The molecule has 0 heterocycles. The Hall–Kier alpha value is -2.51. The molecule has 2 atom stereocenters. The Bertz CT molecular complexity index is 1180. The monoisotopic (exact) mass is 417 g/mol. The fourth-order valence-corrected chi connectivity index (χ4v) is 6.57. The Kier molecular flexibility index (Phi) is 5.67. The van der Waals surface area contributed by atoms with E-state index in [0.717, 1.165) is 11.1 Å². The molecule has 0 aliphatic heterocycles. The highest BCUT2D eigenvalue weighted by molar-refractivity contribution is 8.03. The normalized spacial score (nSPS) is 14.8. The van der Waals surface area contributed by atoms with Gasteiger partial charge in [0, 0.05) is 5.56 Å². The minimum absolute atomic E-state index is 0.0266. The first-order chi connectivity index (χ1) is 13.2. The number of rotatable bonds is 5. The molecule has 146 valence electrons. The molecule has 0 N–H and O–H groups in total. The van der Waals surface area contributed by atoms with E-state index in [-0.39, 0.29) is 15.4 Å². The predicted molar refractivity (Wildman–Crippen MR) is 109 cm³/mol. The first-order valence-electron chi connectivity index (χ1n) is 8.57. The molecule has 0 bridgehead atoms. The van der Waals surface area contributed by atoms with Crippen molar-refractivity contribution in [3.8, 4) is 0 Å². The maximum Gasteiger partial charge on any atom is 0.290 e. The van der Waals surface area contributed by atoms with Crippen molar-refractivity contribution in [2.24, 2.45) is 3.77 Å². The lowest BCUT2D eigenvalue weighted by atomic mass is 10.2. The quantitative estimate of drug-likeness (QED) is 0.574. The second-order valence-corrected chi connectivity index (χ2v) is 10.5. The summed E-state index contributed by atoms with van der Waals surface area (Å²) in [4.78, 5) is -0.100. The number of alkyl halides is 1. The van der Waals surface area contributed by atoms with Crippen molar-refractivity contribution in [2.45, 2.75) is 29.1 Å². The zero-order valence-corrected chi connectivity index (χ0v) is 17.1. The Morgan fingerprint density at radius 3 is 1.75 bits per heavy atom. The van der Waals surface area contributed by atoms with Crippen LogP contribution in [-0.4, -0.2) is 12.6 Å². The fourth-order valence-electron chi connectivity index (χ4n) is 2.62. The van der Waals surface area contributed by atoms with Crippen LogP contribution in [0.15, 0.2) is 92.4 Å². The highest BCUT2D eigenvalue weighted by Gasteiger charge is 2.30. The minimum Gasteiger partial charge on any atom is -0.240 e.